The van der Waals surface area contributed by atoms with Crippen LogP contribution in [0.2, 0.25) is 0 Å². The molecule has 1 fully saturated rings. The Morgan fingerprint density at radius 2 is 2.24 bits per heavy atom. The average molecular weight is 236 g/mol. The summed E-state index contributed by atoms with van der Waals surface area (Å²) in [6, 6.07) is 1.90. The van der Waals surface area contributed by atoms with Crippen molar-refractivity contribution in [3.8, 4) is 0 Å². The van der Waals surface area contributed by atoms with E-state index in [1.807, 2.05) is 12.3 Å². The lowest BCUT2D eigenvalue weighted by Crippen LogP contribution is -2.38. The largest absolute Gasteiger partial charge is 0.468 e. The lowest BCUT2D eigenvalue weighted by molar-refractivity contribution is -0.155. The molecule has 17 heavy (non-hydrogen) atoms. The van der Waals surface area contributed by atoms with Crippen molar-refractivity contribution in [3.63, 3.8) is 0 Å². The highest BCUT2D eigenvalue weighted by molar-refractivity contribution is 6.05. The Kier molecular flexibility index (Phi) is 2.92. The number of aromatic amines is 1. The number of hydrogen-bond acceptors (Lipinski definition) is 3. The van der Waals surface area contributed by atoms with Gasteiger partial charge in [-0.15, -0.1) is 0 Å². The summed E-state index contributed by atoms with van der Waals surface area (Å²) in [4.78, 5) is 28.2. The minimum atomic E-state index is -0.903. The van der Waals surface area contributed by atoms with E-state index >= 15 is 0 Å². The summed E-state index contributed by atoms with van der Waals surface area (Å²) < 4.78 is 4.69. The standard InChI is InChI=1S/C12H16N2O3/c1-14(8-9-3-6-13-7-9)10(15)12(4-5-12)11(16)17-2/h3,6-7,13H,4-5,8H2,1-2H3. The predicted octanol–water partition coefficient (Wildman–Crippen LogP) is 0.926. The summed E-state index contributed by atoms with van der Waals surface area (Å²) in [5.74, 6) is -0.561. The fraction of sp³-hybridized carbons (Fsp3) is 0.500. The van der Waals surface area contributed by atoms with Crippen LogP contribution in [0.5, 0.6) is 0 Å². The van der Waals surface area contributed by atoms with E-state index in [0.717, 1.165) is 5.56 Å². The van der Waals surface area contributed by atoms with Gasteiger partial charge in [0.25, 0.3) is 0 Å². The summed E-state index contributed by atoms with van der Waals surface area (Å²) in [6.07, 6.45) is 4.83. The lowest BCUT2D eigenvalue weighted by Gasteiger charge is -2.21. The molecule has 5 nitrogen and oxygen atoms in total. The van der Waals surface area contributed by atoms with Gasteiger partial charge >= 0.3 is 5.97 Å². The Bertz CT molecular complexity index is 421. The van der Waals surface area contributed by atoms with E-state index in [0.29, 0.717) is 19.4 Å². The van der Waals surface area contributed by atoms with Gasteiger partial charge in [-0.3, -0.25) is 9.59 Å². The number of esters is 1. The third-order valence-electron chi connectivity index (χ3n) is 3.16. The van der Waals surface area contributed by atoms with Gasteiger partial charge in [-0.2, -0.15) is 0 Å². The van der Waals surface area contributed by atoms with Crippen molar-refractivity contribution in [2.75, 3.05) is 14.2 Å². The zero-order valence-electron chi connectivity index (χ0n) is 10.0. The first-order valence-electron chi connectivity index (χ1n) is 5.56. The van der Waals surface area contributed by atoms with Gasteiger partial charge in [0.1, 0.15) is 5.41 Å². The SMILES string of the molecule is COC(=O)C1(C(=O)N(C)Cc2cc[nH]c2)CC1. The van der Waals surface area contributed by atoms with Crippen LogP contribution in [0.3, 0.4) is 0 Å². The first-order chi connectivity index (χ1) is 8.10. The lowest BCUT2D eigenvalue weighted by atomic mass is 10.1. The van der Waals surface area contributed by atoms with E-state index < -0.39 is 11.4 Å². The maximum atomic E-state index is 12.2. The van der Waals surface area contributed by atoms with Crippen molar-refractivity contribution in [1.82, 2.24) is 9.88 Å². The molecule has 0 aromatic carbocycles. The highest BCUT2D eigenvalue weighted by Gasteiger charge is 2.58. The topological polar surface area (TPSA) is 62.4 Å². The van der Waals surface area contributed by atoms with Gasteiger partial charge in [-0.05, 0) is 24.5 Å². The molecule has 0 aliphatic heterocycles. The van der Waals surface area contributed by atoms with E-state index in [-0.39, 0.29) is 5.91 Å². The summed E-state index contributed by atoms with van der Waals surface area (Å²) in [6.45, 7) is 0.501. The maximum absolute atomic E-state index is 12.2. The number of carbonyl (C=O) groups is 2. The number of nitrogens with one attached hydrogen (secondary N) is 1. The van der Waals surface area contributed by atoms with E-state index in [2.05, 4.69) is 4.98 Å². The molecule has 1 aliphatic rings. The molecule has 1 heterocycles. The highest BCUT2D eigenvalue weighted by Crippen LogP contribution is 2.48. The zero-order chi connectivity index (χ0) is 12.5. The van der Waals surface area contributed by atoms with Crippen LogP contribution in [0.4, 0.5) is 0 Å². The fourth-order valence-electron chi connectivity index (χ4n) is 1.99. The average Bonchev–Trinajstić information content (AvgIpc) is 2.99. The van der Waals surface area contributed by atoms with E-state index in [1.165, 1.54) is 7.11 Å². The molecular formula is C12H16N2O3. The molecule has 1 saturated carbocycles. The number of nitrogens with zero attached hydrogens (tertiary/aromatic N) is 1. The number of amides is 1. The number of H-pyrrole nitrogens is 1. The molecule has 1 N–H and O–H groups in total. The third kappa shape index (κ3) is 2.05. The molecule has 5 heteroatoms. The first-order valence-corrected chi connectivity index (χ1v) is 5.56. The first kappa shape index (κ1) is 11.7. The van der Waals surface area contributed by atoms with Crippen LogP contribution in [0.1, 0.15) is 18.4 Å². The molecule has 0 unspecified atom stereocenters. The van der Waals surface area contributed by atoms with Gasteiger partial charge in [0.2, 0.25) is 5.91 Å². The molecule has 1 aromatic heterocycles. The van der Waals surface area contributed by atoms with Crippen LogP contribution in [-0.2, 0) is 20.9 Å². The van der Waals surface area contributed by atoms with Gasteiger partial charge in [0.15, 0.2) is 0 Å². The van der Waals surface area contributed by atoms with Crippen LogP contribution in [-0.4, -0.2) is 35.9 Å². The maximum Gasteiger partial charge on any atom is 0.321 e. The molecule has 1 aliphatic carbocycles. The smallest absolute Gasteiger partial charge is 0.321 e. The molecule has 1 aromatic rings. The predicted molar refractivity (Wildman–Crippen MR) is 60.9 cm³/mol. The number of methoxy groups -OCH3 is 1. The monoisotopic (exact) mass is 236 g/mol. The molecular weight excluding hydrogens is 220 g/mol. The number of rotatable bonds is 4. The van der Waals surface area contributed by atoms with E-state index in [9.17, 15) is 9.59 Å². The molecule has 0 saturated heterocycles. The van der Waals surface area contributed by atoms with Gasteiger partial charge in [-0.25, -0.2) is 0 Å². The summed E-state index contributed by atoms with van der Waals surface area (Å²) in [5.41, 5.74) is 0.112. The van der Waals surface area contributed by atoms with Gasteiger partial charge in [-0.1, -0.05) is 0 Å². The van der Waals surface area contributed by atoms with E-state index in [4.69, 9.17) is 4.74 Å². The Labute approximate surface area is 99.8 Å². The van der Waals surface area contributed by atoms with Crippen LogP contribution in [0.25, 0.3) is 0 Å². The number of aromatic nitrogens is 1. The summed E-state index contributed by atoms with van der Waals surface area (Å²) in [7, 11) is 3.03. The number of hydrogen-bond donors (Lipinski definition) is 1. The molecule has 0 bridgehead atoms. The van der Waals surface area contributed by atoms with Crippen molar-refractivity contribution >= 4 is 11.9 Å². The van der Waals surface area contributed by atoms with Crippen LogP contribution in [0.15, 0.2) is 18.5 Å². The summed E-state index contributed by atoms with van der Waals surface area (Å²) >= 11 is 0. The number of ether oxygens (including phenoxy) is 1. The Morgan fingerprint density at radius 3 is 2.71 bits per heavy atom. The van der Waals surface area contributed by atoms with E-state index in [1.54, 1.807) is 18.1 Å². The molecule has 0 atom stereocenters. The highest BCUT2D eigenvalue weighted by atomic mass is 16.5. The Balaban J connectivity index is 2.03. The Morgan fingerprint density at radius 1 is 1.53 bits per heavy atom. The summed E-state index contributed by atoms with van der Waals surface area (Å²) in [5, 5.41) is 0. The van der Waals surface area contributed by atoms with Crippen molar-refractivity contribution < 1.29 is 14.3 Å². The number of carbonyl (C=O) groups excluding carboxylic acids is 2. The second kappa shape index (κ2) is 4.24. The van der Waals surface area contributed by atoms with Gasteiger partial charge in [0, 0.05) is 26.0 Å². The quantitative estimate of drug-likeness (QED) is 0.624. The Hall–Kier alpha value is -1.78. The van der Waals surface area contributed by atoms with Crippen LogP contribution < -0.4 is 0 Å². The second-order valence-electron chi connectivity index (χ2n) is 4.45. The fourth-order valence-corrected chi connectivity index (χ4v) is 1.99. The van der Waals surface area contributed by atoms with Crippen molar-refractivity contribution in [3.05, 3.63) is 24.0 Å². The molecule has 0 spiro atoms. The van der Waals surface area contributed by atoms with Crippen molar-refractivity contribution in [1.29, 1.82) is 0 Å². The minimum Gasteiger partial charge on any atom is -0.468 e. The van der Waals surface area contributed by atoms with Gasteiger partial charge < -0.3 is 14.6 Å². The molecule has 0 radical (unpaired) electrons. The van der Waals surface area contributed by atoms with Crippen LogP contribution >= 0.6 is 0 Å². The zero-order valence-corrected chi connectivity index (χ0v) is 10.0. The second-order valence-corrected chi connectivity index (χ2v) is 4.45. The molecule has 2 rings (SSSR count). The third-order valence-corrected chi connectivity index (χ3v) is 3.16. The minimum absolute atomic E-state index is 0.148. The van der Waals surface area contributed by atoms with Gasteiger partial charge in [0.05, 0.1) is 7.11 Å². The normalized spacial score (nSPS) is 16.4. The van der Waals surface area contributed by atoms with Crippen molar-refractivity contribution in [2.24, 2.45) is 5.41 Å². The molecule has 92 valence electrons. The van der Waals surface area contributed by atoms with Crippen LogP contribution in [0, 0.1) is 5.41 Å². The molecule has 1 amide bonds. The van der Waals surface area contributed by atoms with Crippen molar-refractivity contribution in [2.45, 2.75) is 19.4 Å².